The molecule has 0 unspecified atom stereocenters. The first kappa shape index (κ1) is 21.3. The number of rotatable bonds is 7. The average Bonchev–Trinajstić information content (AvgIpc) is 2.81. The van der Waals surface area contributed by atoms with Gasteiger partial charge in [0.05, 0.1) is 24.2 Å². The molecule has 4 rings (SSSR count). The molecule has 8 heteroatoms. The van der Waals surface area contributed by atoms with Crippen LogP contribution in [0.15, 0.2) is 65.6 Å². The molecule has 0 radical (unpaired) electrons. The van der Waals surface area contributed by atoms with Gasteiger partial charge in [0.25, 0.3) is 5.56 Å². The molecule has 0 N–H and O–H groups in total. The summed E-state index contributed by atoms with van der Waals surface area (Å²) in [4.78, 5) is 17.2. The molecule has 1 aliphatic rings. The molecule has 0 bridgehead atoms. The molecule has 3 aromatic rings. The van der Waals surface area contributed by atoms with Gasteiger partial charge in [0.2, 0.25) is 0 Å². The van der Waals surface area contributed by atoms with E-state index in [0.717, 1.165) is 39.1 Å². The monoisotopic (exact) mass is 442 g/mol. The van der Waals surface area contributed by atoms with Crippen molar-refractivity contribution in [3.63, 3.8) is 0 Å². The van der Waals surface area contributed by atoms with E-state index in [1.807, 2.05) is 30.3 Å². The van der Waals surface area contributed by atoms with Crippen LogP contribution in [0.25, 0.3) is 5.69 Å². The number of hydrogen-bond donors (Lipinski definition) is 0. The first-order valence-corrected chi connectivity index (χ1v) is 10.7. The number of aromatic nitrogens is 2. The third-order valence-electron chi connectivity index (χ3n) is 5.32. The lowest BCUT2D eigenvalue weighted by Crippen LogP contribution is -2.47. The largest absolute Gasteiger partial charge is 0.494 e. The van der Waals surface area contributed by atoms with E-state index in [1.54, 1.807) is 18.3 Å². The van der Waals surface area contributed by atoms with Gasteiger partial charge in [-0.3, -0.25) is 9.69 Å². The van der Waals surface area contributed by atoms with Crippen LogP contribution in [0.3, 0.4) is 0 Å². The van der Waals surface area contributed by atoms with Crippen LogP contribution >= 0.6 is 11.6 Å². The maximum atomic E-state index is 12.9. The lowest BCUT2D eigenvalue weighted by Gasteiger charge is -2.36. The van der Waals surface area contributed by atoms with E-state index in [1.165, 1.54) is 16.8 Å². The molecule has 31 heavy (non-hydrogen) atoms. The molecule has 1 fully saturated rings. The van der Waals surface area contributed by atoms with Crippen molar-refractivity contribution in [3.05, 3.63) is 82.0 Å². The molecule has 6 nitrogen and oxygen atoms in total. The molecule has 2 aromatic carbocycles. The Bertz CT molecular complexity index is 1050. The number of para-hydroxylation sites is 1. The van der Waals surface area contributed by atoms with E-state index in [4.69, 9.17) is 16.3 Å². The fourth-order valence-corrected chi connectivity index (χ4v) is 3.87. The van der Waals surface area contributed by atoms with Crippen molar-refractivity contribution in [2.75, 3.05) is 44.2 Å². The summed E-state index contributed by atoms with van der Waals surface area (Å²) in [6.45, 7) is 4.78. The average molecular weight is 443 g/mol. The highest BCUT2D eigenvalue weighted by atomic mass is 35.5. The summed E-state index contributed by atoms with van der Waals surface area (Å²) in [7, 11) is 0. The fourth-order valence-electron chi connectivity index (χ4n) is 3.62. The first-order valence-electron chi connectivity index (χ1n) is 10.3. The molecule has 162 valence electrons. The van der Waals surface area contributed by atoms with Crippen molar-refractivity contribution in [1.82, 2.24) is 14.7 Å². The predicted octanol–water partition coefficient (Wildman–Crippen LogP) is 3.62. The van der Waals surface area contributed by atoms with Crippen LogP contribution in [0.4, 0.5) is 10.1 Å². The SMILES string of the molecule is O=c1c(Cl)c(N2CCN(CCCOc3ccc(F)cc3)CC2)cnn1-c1ccccc1. The van der Waals surface area contributed by atoms with Crippen molar-refractivity contribution in [3.8, 4) is 11.4 Å². The number of halogens is 2. The van der Waals surface area contributed by atoms with Gasteiger partial charge >= 0.3 is 0 Å². The van der Waals surface area contributed by atoms with Crippen molar-refractivity contribution in [1.29, 1.82) is 0 Å². The number of benzene rings is 2. The van der Waals surface area contributed by atoms with Crippen molar-refractivity contribution >= 4 is 17.3 Å². The Hall–Kier alpha value is -2.90. The molecular formula is C23H24ClFN4O2. The van der Waals surface area contributed by atoms with Crippen LogP contribution in [-0.4, -0.2) is 54.0 Å². The Morgan fingerprint density at radius 1 is 1.00 bits per heavy atom. The number of hydrogen-bond acceptors (Lipinski definition) is 5. The van der Waals surface area contributed by atoms with E-state index in [9.17, 15) is 9.18 Å². The molecule has 2 heterocycles. The number of nitrogens with zero attached hydrogens (tertiary/aromatic N) is 4. The minimum Gasteiger partial charge on any atom is -0.494 e. The lowest BCUT2D eigenvalue weighted by atomic mass is 10.2. The first-order chi connectivity index (χ1) is 15.1. The summed E-state index contributed by atoms with van der Waals surface area (Å²) in [5.74, 6) is 0.413. The summed E-state index contributed by atoms with van der Waals surface area (Å²) in [5, 5.41) is 4.52. The van der Waals surface area contributed by atoms with Gasteiger partial charge in [-0.05, 0) is 42.8 Å². The molecule has 0 spiro atoms. The van der Waals surface area contributed by atoms with E-state index in [-0.39, 0.29) is 16.4 Å². The van der Waals surface area contributed by atoms with Gasteiger partial charge in [-0.1, -0.05) is 29.8 Å². The van der Waals surface area contributed by atoms with E-state index >= 15 is 0 Å². The maximum Gasteiger partial charge on any atom is 0.292 e. The number of ether oxygens (including phenoxy) is 1. The highest BCUT2D eigenvalue weighted by molar-refractivity contribution is 6.33. The normalized spacial score (nSPS) is 14.6. The Morgan fingerprint density at radius 2 is 1.71 bits per heavy atom. The van der Waals surface area contributed by atoms with Gasteiger partial charge in [-0.2, -0.15) is 9.78 Å². The molecule has 1 aliphatic heterocycles. The van der Waals surface area contributed by atoms with Gasteiger partial charge < -0.3 is 9.64 Å². The molecule has 0 atom stereocenters. The minimum atomic E-state index is -0.314. The van der Waals surface area contributed by atoms with Gasteiger partial charge in [0, 0.05) is 32.7 Å². The summed E-state index contributed by atoms with van der Waals surface area (Å²) in [5.41, 5.74) is 1.05. The standard InChI is InChI=1S/C23H24ClFN4O2/c24-22-21(17-26-29(23(22)30)19-5-2-1-3-6-19)28-14-12-27(13-15-28)11-4-16-31-20-9-7-18(25)8-10-20/h1-3,5-10,17H,4,11-16H2. The second-order valence-corrected chi connectivity index (χ2v) is 7.76. The maximum absolute atomic E-state index is 12.9. The van der Waals surface area contributed by atoms with Gasteiger partial charge in [-0.25, -0.2) is 4.39 Å². The van der Waals surface area contributed by atoms with Gasteiger partial charge in [-0.15, -0.1) is 0 Å². The Balaban J connectivity index is 1.28. The highest BCUT2D eigenvalue weighted by Gasteiger charge is 2.21. The Morgan fingerprint density at radius 3 is 2.42 bits per heavy atom. The predicted molar refractivity (Wildman–Crippen MR) is 120 cm³/mol. The zero-order chi connectivity index (χ0) is 21.6. The van der Waals surface area contributed by atoms with Crippen LogP contribution < -0.4 is 15.2 Å². The second-order valence-electron chi connectivity index (χ2n) is 7.38. The van der Waals surface area contributed by atoms with E-state index < -0.39 is 0 Å². The third-order valence-corrected chi connectivity index (χ3v) is 5.67. The summed E-state index contributed by atoms with van der Waals surface area (Å²) in [6, 6.07) is 15.3. The second kappa shape index (κ2) is 9.94. The topological polar surface area (TPSA) is 50.6 Å². The van der Waals surface area contributed by atoms with Gasteiger partial charge in [0.15, 0.2) is 0 Å². The fraction of sp³-hybridized carbons (Fsp3) is 0.304. The lowest BCUT2D eigenvalue weighted by molar-refractivity contribution is 0.224. The van der Waals surface area contributed by atoms with Crippen LogP contribution in [0, 0.1) is 5.82 Å². The van der Waals surface area contributed by atoms with Crippen LogP contribution in [0.2, 0.25) is 5.02 Å². The van der Waals surface area contributed by atoms with Crippen molar-refractivity contribution in [2.45, 2.75) is 6.42 Å². The number of piperazine rings is 1. The molecule has 1 aromatic heterocycles. The van der Waals surface area contributed by atoms with Gasteiger partial charge in [0.1, 0.15) is 16.6 Å². The zero-order valence-electron chi connectivity index (χ0n) is 17.1. The smallest absolute Gasteiger partial charge is 0.292 e. The van der Waals surface area contributed by atoms with E-state index in [2.05, 4.69) is 14.9 Å². The minimum absolute atomic E-state index is 0.194. The molecule has 0 saturated carbocycles. The van der Waals surface area contributed by atoms with Crippen molar-refractivity contribution < 1.29 is 9.13 Å². The molecule has 0 aliphatic carbocycles. The quantitative estimate of drug-likeness (QED) is 0.523. The van der Waals surface area contributed by atoms with Crippen LogP contribution in [-0.2, 0) is 0 Å². The van der Waals surface area contributed by atoms with Crippen LogP contribution in [0.5, 0.6) is 5.75 Å². The summed E-state index contributed by atoms with van der Waals surface area (Å²) < 4.78 is 19.9. The Kier molecular flexibility index (Phi) is 6.84. The summed E-state index contributed by atoms with van der Waals surface area (Å²) >= 11 is 6.42. The van der Waals surface area contributed by atoms with E-state index in [0.29, 0.717) is 23.7 Å². The third kappa shape index (κ3) is 5.24. The Labute approximate surface area is 185 Å². The molecule has 1 saturated heterocycles. The van der Waals surface area contributed by atoms with Crippen LogP contribution in [0.1, 0.15) is 6.42 Å². The molecule has 0 amide bonds. The molecular weight excluding hydrogens is 419 g/mol. The van der Waals surface area contributed by atoms with Crippen molar-refractivity contribution in [2.24, 2.45) is 0 Å². The highest BCUT2D eigenvalue weighted by Crippen LogP contribution is 2.23. The zero-order valence-corrected chi connectivity index (χ0v) is 17.8. The summed E-state index contributed by atoms with van der Waals surface area (Å²) in [6.07, 6.45) is 2.55. The number of anilines is 1.